The van der Waals surface area contributed by atoms with Crippen molar-refractivity contribution in [2.24, 2.45) is 0 Å². The Kier molecular flexibility index (Phi) is 5.81. The zero-order chi connectivity index (χ0) is 19.2. The maximum atomic E-state index is 12.3. The van der Waals surface area contributed by atoms with Gasteiger partial charge in [-0.1, -0.05) is 55.8 Å². The Morgan fingerprint density at radius 1 is 0.963 bits per heavy atom. The fourth-order valence-electron chi connectivity index (χ4n) is 3.17. The molecular weight excluding hydrogens is 340 g/mol. The SMILES string of the molecule is CCCCc1cccc(=O)n1Cc1ccc(-c2ccccc2[N+](=O)[O-])cc1. The van der Waals surface area contributed by atoms with E-state index in [9.17, 15) is 14.9 Å². The average Bonchev–Trinajstić information content (AvgIpc) is 2.69. The lowest BCUT2D eigenvalue weighted by Crippen LogP contribution is -2.23. The molecule has 0 saturated heterocycles. The lowest BCUT2D eigenvalue weighted by atomic mass is 10.0. The highest BCUT2D eigenvalue weighted by Crippen LogP contribution is 2.29. The van der Waals surface area contributed by atoms with E-state index in [0.29, 0.717) is 12.1 Å². The minimum atomic E-state index is -0.368. The van der Waals surface area contributed by atoms with E-state index in [1.807, 2.05) is 36.4 Å². The number of aryl methyl sites for hydroxylation is 1. The molecule has 0 spiro atoms. The Morgan fingerprint density at radius 3 is 2.41 bits per heavy atom. The largest absolute Gasteiger partial charge is 0.308 e. The van der Waals surface area contributed by atoms with Crippen molar-refractivity contribution in [2.45, 2.75) is 32.7 Å². The van der Waals surface area contributed by atoms with Crippen molar-refractivity contribution in [3.8, 4) is 11.1 Å². The van der Waals surface area contributed by atoms with Crippen molar-refractivity contribution < 1.29 is 4.92 Å². The van der Waals surface area contributed by atoms with E-state index in [-0.39, 0.29) is 16.2 Å². The van der Waals surface area contributed by atoms with Gasteiger partial charge in [0, 0.05) is 17.8 Å². The van der Waals surface area contributed by atoms with Gasteiger partial charge in [0.25, 0.3) is 11.2 Å². The molecule has 2 aromatic carbocycles. The molecule has 0 radical (unpaired) electrons. The fourth-order valence-corrected chi connectivity index (χ4v) is 3.17. The Labute approximate surface area is 158 Å². The Balaban J connectivity index is 1.88. The van der Waals surface area contributed by atoms with E-state index in [4.69, 9.17) is 0 Å². The van der Waals surface area contributed by atoms with Gasteiger partial charge >= 0.3 is 0 Å². The molecule has 0 unspecified atom stereocenters. The smallest absolute Gasteiger partial charge is 0.277 e. The van der Waals surface area contributed by atoms with Crippen LogP contribution >= 0.6 is 0 Å². The lowest BCUT2D eigenvalue weighted by molar-refractivity contribution is -0.384. The molecule has 5 nitrogen and oxygen atoms in total. The van der Waals surface area contributed by atoms with Gasteiger partial charge in [0.1, 0.15) is 0 Å². The Morgan fingerprint density at radius 2 is 1.70 bits per heavy atom. The number of nitro groups is 1. The highest BCUT2D eigenvalue weighted by atomic mass is 16.6. The summed E-state index contributed by atoms with van der Waals surface area (Å²) in [5.74, 6) is 0. The first kappa shape index (κ1) is 18.6. The first-order valence-electron chi connectivity index (χ1n) is 9.11. The second-order valence-corrected chi connectivity index (χ2v) is 6.52. The highest BCUT2D eigenvalue weighted by Gasteiger charge is 2.14. The summed E-state index contributed by atoms with van der Waals surface area (Å²) >= 11 is 0. The summed E-state index contributed by atoms with van der Waals surface area (Å²) < 4.78 is 1.80. The number of para-hydroxylation sites is 1. The van der Waals surface area contributed by atoms with Gasteiger partial charge in [-0.25, -0.2) is 0 Å². The number of pyridine rings is 1. The standard InChI is InChI=1S/C22H22N2O3/c1-2-3-7-19-8-6-11-22(25)23(19)16-17-12-14-18(15-13-17)20-9-4-5-10-21(20)24(26)27/h4-6,8-15H,2-3,7,16H2,1H3. The van der Waals surface area contributed by atoms with Gasteiger partial charge in [-0.3, -0.25) is 14.9 Å². The van der Waals surface area contributed by atoms with Crippen LogP contribution in [-0.2, 0) is 13.0 Å². The van der Waals surface area contributed by atoms with Crippen LogP contribution in [0.2, 0.25) is 0 Å². The maximum Gasteiger partial charge on any atom is 0.277 e. The number of aromatic nitrogens is 1. The molecule has 0 aliphatic carbocycles. The topological polar surface area (TPSA) is 65.1 Å². The molecule has 3 rings (SSSR count). The van der Waals surface area contributed by atoms with E-state index in [0.717, 1.165) is 36.1 Å². The molecule has 0 saturated carbocycles. The third-order valence-corrected chi connectivity index (χ3v) is 4.63. The molecule has 0 aliphatic heterocycles. The monoisotopic (exact) mass is 362 g/mol. The van der Waals surface area contributed by atoms with Gasteiger partial charge in [-0.05, 0) is 36.1 Å². The van der Waals surface area contributed by atoms with Crippen molar-refractivity contribution >= 4 is 5.69 Å². The molecule has 0 bridgehead atoms. The second-order valence-electron chi connectivity index (χ2n) is 6.52. The predicted octanol–water partition coefficient (Wildman–Crippen LogP) is 4.81. The minimum absolute atomic E-state index is 0.00798. The fraction of sp³-hybridized carbons (Fsp3) is 0.227. The second kappa shape index (κ2) is 8.45. The van der Waals surface area contributed by atoms with Crippen LogP contribution in [0, 0.1) is 10.1 Å². The van der Waals surface area contributed by atoms with E-state index >= 15 is 0 Å². The summed E-state index contributed by atoms with van der Waals surface area (Å²) in [5.41, 5.74) is 3.49. The van der Waals surface area contributed by atoms with Crippen LogP contribution < -0.4 is 5.56 Å². The Bertz CT molecular complexity index is 991. The average molecular weight is 362 g/mol. The van der Waals surface area contributed by atoms with E-state index in [1.165, 1.54) is 6.07 Å². The molecule has 3 aromatic rings. The number of hydrogen-bond acceptors (Lipinski definition) is 3. The van der Waals surface area contributed by atoms with Crippen molar-refractivity contribution in [1.82, 2.24) is 4.57 Å². The van der Waals surface area contributed by atoms with E-state index < -0.39 is 0 Å². The molecule has 1 heterocycles. The summed E-state index contributed by atoms with van der Waals surface area (Å²) in [4.78, 5) is 23.2. The quantitative estimate of drug-likeness (QED) is 0.447. The number of unbranched alkanes of at least 4 members (excludes halogenated alkanes) is 1. The lowest BCUT2D eigenvalue weighted by Gasteiger charge is -2.13. The predicted molar refractivity (Wildman–Crippen MR) is 107 cm³/mol. The summed E-state index contributed by atoms with van der Waals surface area (Å²) in [6.07, 6.45) is 2.99. The molecule has 0 N–H and O–H groups in total. The van der Waals surface area contributed by atoms with Crippen molar-refractivity contribution in [2.75, 3.05) is 0 Å². The van der Waals surface area contributed by atoms with Gasteiger partial charge < -0.3 is 4.57 Å². The van der Waals surface area contributed by atoms with Crippen LogP contribution in [0.3, 0.4) is 0 Å². The first-order chi connectivity index (χ1) is 13.1. The number of hydrogen-bond donors (Lipinski definition) is 0. The van der Waals surface area contributed by atoms with Crippen LogP contribution in [0.1, 0.15) is 31.0 Å². The Hall–Kier alpha value is -3.21. The zero-order valence-corrected chi connectivity index (χ0v) is 15.3. The number of benzene rings is 2. The normalized spacial score (nSPS) is 10.7. The van der Waals surface area contributed by atoms with Gasteiger partial charge in [-0.15, -0.1) is 0 Å². The summed E-state index contributed by atoms with van der Waals surface area (Å²) in [6.45, 7) is 2.63. The maximum absolute atomic E-state index is 12.3. The summed E-state index contributed by atoms with van der Waals surface area (Å²) in [5, 5.41) is 11.2. The number of rotatable bonds is 7. The molecule has 5 heteroatoms. The van der Waals surface area contributed by atoms with Gasteiger partial charge in [0.05, 0.1) is 17.0 Å². The third kappa shape index (κ3) is 4.31. The van der Waals surface area contributed by atoms with Crippen LogP contribution in [0.15, 0.2) is 71.5 Å². The van der Waals surface area contributed by atoms with E-state index in [1.54, 1.807) is 28.8 Å². The van der Waals surface area contributed by atoms with Crippen LogP contribution in [0.25, 0.3) is 11.1 Å². The van der Waals surface area contributed by atoms with Gasteiger partial charge in [-0.2, -0.15) is 0 Å². The first-order valence-corrected chi connectivity index (χ1v) is 9.11. The van der Waals surface area contributed by atoms with Crippen molar-refractivity contribution in [1.29, 1.82) is 0 Å². The third-order valence-electron chi connectivity index (χ3n) is 4.63. The van der Waals surface area contributed by atoms with Crippen LogP contribution in [0.5, 0.6) is 0 Å². The van der Waals surface area contributed by atoms with Gasteiger partial charge in [0.2, 0.25) is 0 Å². The van der Waals surface area contributed by atoms with Crippen LogP contribution in [-0.4, -0.2) is 9.49 Å². The highest BCUT2D eigenvalue weighted by molar-refractivity contribution is 5.73. The molecule has 0 amide bonds. The van der Waals surface area contributed by atoms with Crippen LogP contribution in [0.4, 0.5) is 5.69 Å². The van der Waals surface area contributed by atoms with Gasteiger partial charge in [0.15, 0.2) is 0 Å². The molecule has 27 heavy (non-hydrogen) atoms. The molecule has 0 aliphatic rings. The number of nitrogens with zero attached hydrogens (tertiary/aromatic N) is 2. The van der Waals surface area contributed by atoms with Crippen molar-refractivity contribution in [3.63, 3.8) is 0 Å². The molecule has 0 fully saturated rings. The van der Waals surface area contributed by atoms with E-state index in [2.05, 4.69) is 6.92 Å². The minimum Gasteiger partial charge on any atom is -0.308 e. The zero-order valence-electron chi connectivity index (χ0n) is 15.3. The summed E-state index contributed by atoms with van der Waals surface area (Å²) in [6, 6.07) is 19.7. The molecular formula is C22H22N2O3. The van der Waals surface area contributed by atoms with Crippen molar-refractivity contribution in [3.05, 3.63) is 98.5 Å². The molecule has 138 valence electrons. The molecule has 0 atom stereocenters. The summed E-state index contributed by atoms with van der Waals surface area (Å²) in [7, 11) is 0. The number of nitro benzene ring substituents is 1. The molecule has 1 aromatic heterocycles.